The molecule has 5 aromatic carbocycles. The zero-order valence-corrected chi connectivity index (χ0v) is 33.4. The second-order valence-corrected chi connectivity index (χ2v) is 17.5. The number of fused-ring (bicyclic) bond motifs is 9. The Bertz CT molecular complexity index is 2970. The Kier molecular flexibility index (Phi) is 7.66. The highest BCUT2D eigenvalue weighted by atomic mass is 15.2. The molecular weight excluding hydrogens is 715 g/mol. The van der Waals surface area contributed by atoms with Crippen molar-refractivity contribution in [1.29, 1.82) is 0 Å². The van der Waals surface area contributed by atoms with Gasteiger partial charge in [0.1, 0.15) is 0 Å². The topological polar surface area (TPSA) is 21.1 Å². The molecule has 284 valence electrons. The fourth-order valence-corrected chi connectivity index (χ4v) is 11.4. The van der Waals surface area contributed by atoms with Crippen molar-refractivity contribution < 1.29 is 0 Å². The standard InChI is InChI=1S/C56H45N3/c1-56(2)49-19-9-6-16-43(49)46-35-41(25-26-50(46)56)58-52-21-10-7-17-44(52)47-33-37(23-27-54(47)58)38-24-28-55-48(34-38)45-18-8-11-22-53(45)59(55)42-31-39(36-14-4-3-5-15-36)30-40(32-42)51-20-12-13-29-57-51/h3-34,43,45-46,49,53H,35H2,1-2H3. The molecule has 4 aliphatic carbocycles. The summed E-state index contributed by atoms with van der Waals surface area (Å²) in [6.45, 7) is 4.89. The average molecular weight is 760 g/mol. The third-order valence-electron chi connectivity index (χ3n) is 14.1. The van der Waals surface area contributed by atoms with Crippen molar-refractivity contribution >= 4 is 38.9 Å². The second kappa shape index (κ2) is 13.2. The summed E-state index contributed by atoms with van der Waals surface area (Å²) in [6.07, 6.45) is 26.4. The first-order valence-corrected chi connectivity index (χ1v) is 21.2. The number of hydrogen-bond donors (Lipinski definition) is 0. The Balaban J connectivity index is 0.952. The van der Waals surface area contributed by atoms with Crippen LogP contribution < -0.4 is 4.90 Å². The lowest BCUT2D eigenvalue weighted by Crippen LogP contribution is -2.28. The summed E-state index contributed by atoms with van der Waals surface area (Å²) in [7, 11) is 0. The molecule has 12 rings (SSSR count). The van der Waals surface area contributed by atoms with Gasteiger partial charge in [-0.15, -0.1) is 0 Å². The van der Waals surface area contributed by atoms with Crippen LogP contribution in [0, 0.1) is 23.2 Å². The molecule has 3 heterocycles. The quantitative estimate of drug-likeness (QED) is 0.174. The molecule has 0 spiro atoms. The molecule has 3 heteroatoms. The van der Waals surface area contributed by atoms with Gasteiger partial charge in [-0.05, 0) is 124 Å². The molecule has 3 nitrogen and oxygen atoms in total. The average Bonchev–Trinajstić information content (AvgIpc) is 3.89. The Hall–Kier alpha value is -6.71. The molecule has 0 N–H and O–H groups in total. The number of allylic oxidation sites excluding steroid dienone is 10. The molecular formula is C56H45N3. The molecule has 0 saturated heterocycles. The van der Waals surface area contributed by atoms with E-state index in [1.165, 1.54) is 66.7 Å². The third kappa shape index (κ3) is 5.30. The maximum Gasteiger partial charge on any atom is 0.0702 e. The van der Waals surface area contributed by atoms with E-state index in [9.17, 15) is 0 Å². The molecule has 1 fully saturated rings. The first kappa shape index (κ1) is 34.3. The number of para-hydroxylation sites is 1. The van der Waals surface area contributed by atoms with E-state index in [1.54, 1.807) is 5.57 Å². The lowest BCUT2D eigenvalue weighted by molar-refractivity contribution is 0.321. The lowest BCUT2D eigenvalue weighted by Gasteiger charge is -2.29. The Morgan fingerprint density at radius 1 is 0.593 bits per heavy atom. The number of benzene rings is 5. The molecule has 0 amide bonds. The van der Waals surface area contributed by atoms with Crippen molar-refractivity contribution in [2.75, 3.05) is 4.90 Å². The molecule has 0 radical (unpaired) electrons. The number of aromatic nitrogens is 2. The zero-order chi connectivity index (χ0) is 39.2. The van der Waals surface area contributed by atoms with Gasteiger partial charge in [-0.3, -0.25) is 4.98 Å². The minimum Gasteiger partial charge on any atom is -0.333 e. The highest BCUT2D eigenvalue weighted by Gasteiger charge is 2.50. The van der Waals surface area contributed by atoms with Gasteiger partial charge >= 0.3 is 0 Å². The van der Waals surface area contributed by atoms with Crippen molar-refractivity contribution in [3.8, 4) is 33.5 Å². The van der Waals surface area contributed by atoms with E-state index >= 15 is 0 Å². The fourth-order valence-electron chi connectivity index (χ4n) is 11.4. The molecule has 1 saturated carbocycles. The molecule has 5 aliphatic rings. The number of rotatable bonds is 5. The normalized spacial score (nSPS) is 23.2. The van der Waals surface area contributed by atoms with E-state index in [1.807, 2.05) is 12.3 Å². The molecule has 2 aromatic heterocycles. The van der Waals surface area contributed by atoms with Crippen LogP contribution in [-0.4, -0.2) is 15.6 Å². The molecule has 0 bridgehead atoms. The van der Waals surface area contributed by atoms with Crippen molar-refractivity contribution in [2.45, 2.75) is 32.2 Å². The summed E-state index contributed by atoms with van der Waals surface area (Å²) in [6, 6.07) is 47.3. The monoisotopic (exact) mass is 759 g/mol. The van der Waals surface area contributed by atoms with Gasteiger partial charge in [0.2, 0.25) is 0 Å². The summed E-state index contributed by atoms with van der Waals surface area (Å²) in [4.78, 5) is 7.31. The van der Waals surface area contributed by atoms with Crippen LogP contribution in [-0.2, 0) is 0 Å². The number of anilines is 2. The molecule has 5 atom stereocenters. The molecule has 59 heavy (non-hydrogen) atoms. The largest absolute Gasteiger partial charge is 0.333 e. The highest BCUT2D eigenvalue weighted by molar-refractivity contribution is 6.11. The maximum atomic E-state index is 4.77. The van der Waals surface area contributed by atoms with Crippen LogP contribution in [0.25, 0.3) is 61.0 Å². The van der Waals surface area contributed by atoms with E-state index < -0.39 is 0 Å². The highest BCUT2D eigenvalue weighted by Crippen LogP contribution is 2.59. The second-order valence-electron chi connectivity index (χ2n) is 17.5. The van der Waals surface area contributed by atoms with E-state index in [0.29, 0.717) is 17.8 Å². The number of pyridine rings is 1. The lowest BCUT2D eigenvalue weighted by atomic mass is 9.75. The van der Waals surface area contributed by atoms with Crippen molar-refractivity contribution in [3.63, 3.8) is 0 Å². The summed E-state index contributed by atoms with van der Waals surface area (Å²) in [5, 5.41) is 2.61. The van der Waals surface area contributed by atoms with Crippen molar-refractivity contribution in [1.82, 2.24) is 9.55 Å². The fraction of sp³-hybridized carbons (Fsp3) is 0.161. The van der Waals surface area contributed by atoms with E-state index in [-0.39, 0.29) is 17.4 Å². The Morgan fingerprint density at radius 2 is 1.36 bits per heavy atom. The van der Waals surface area contributed by atoms with Gasteiger partial charge in [-0.25, -0.2) is 0 Å². The van der Waals surface area contributed by atoms with Crippen molar-refractivity contribution in [2.24, 2.45) is 23.2 Å². The summed E-state index contributed by atoms with van der Waals surface area (Å²) in [5.41, 5.74) is 16.5. The number of hydrogen-bond acceptors (Lipinski definition) is 2. The van der Waals surface area contributed by atoms with Crippen LogP contribution in [0.4, 0.5) is 11.4 Å². The Morgan fingerprint density at radius 3 is 2.25 bits per heavy atom. The van der Waals surface area contributed by atoms with Gasteiger partial charge in [0.05, 0.1) is 22.8 Å². The van der Waals surface area contributed by atoms with Crippen LogP contribution in [0.2, 0.25) is 0 Å². The van der Waals surface area contributed by atoms with Gasteiger partial charge < -0.3 is 9.47 Å². The van der Waals surface area contributed by atoms with E-state index in [4.69, 9.17) is 4.98 Å². The zero-order valence-electron chi connectivity index (χ0n) is 33.4. The maximum absolute atomic E-state index is 4.77. The molecule has 7 aromatic rings. The molecule has 1 aliphatic heterocycles. The minimum atomic E-state index is 0.166. The van der Waals surface area contributed by atoms with Gasteiger partial charge in [-0.1, -0.05) is 141 Å². The van der Waals surface area contributed by atoms with Crippen molar-refractivity contribution in [3.05, 3.63) is 205 Å². The number of nitrogens with zero attached hydrogens (tertiary/aromatic N) is 3. The summed E-state index contributed by atoms with van der Waals surface area (Å²) in [5.74, 6) is 1.86. The van der Waals surface area contributed by atoms with Gasteiger partial charge in [-0.2, -0.15) is 0 Å². The van der Waals surface area contributed by atoms with Crippen LogP contribution >= 0.6 is 0 Å². The minimum absolute atomic E-state index is 0.166. The van der Waals surface area contributed by atoms with Gasteiger partial charge in [0.25, 0.3) is 0 Å². The summed E-state index contributed by atoms with van der Waals surface area (Å²) < 4.78 is 2.55. The molecule has 5 unspecified atom stereocenters. The predicted octanol–water partition coefficient (Wildman–Crippen LogP) is 14.1. The van der Waals surface area contributed by atoms with Gasteiger partial charge in [0, 0.05) is 45.5 Å². The first-order chi connectivity index (χ1) is 29.0. The smallest absolute Gasteiger partial charge is 0.0702 e. The van der Waals surface area contributed by atoms with Gasteiger partial charge in [0.15, 0.2) is 0 Å². The summed E-state index contributed by atoms with van der Waals surface area (Å²) >= 11 is 0. The van der Waals surface area contributed by atoms with E-state index in [0.717, 1.165) is 17.7 Å². The van der Waals surface area contributed by atoms with Crippen LogP contribution in [0.3, 0.4) is 0 Å². The first-order valence-electron chi connectivity index (χ1n) is 21.2. The predicted molar refractivity (Wildman–Crippen MR) is 246 cm³/mol. The van der Waals surface area contributed by atoms with Crippen LogP contribution in [0.5, 0.6) is 0 Å². The van der Waals surface area contributed by atoms with Crippen LogP contribution in [0.1, 0.15) is 31.7 Å². The Labute approximate surface area is 346 Å². The SMILES string of the molecule is CC1(C)C2=CC=C(n3c4ccccc4c4cc(-c5ccc6c(c5)C5C=CC=CC5N6c5cc(-c6ccccc6)cc(-c6ccccn6)c5)ccc43)CC2C2C=CC=CC21. The van der Waals surface area contributed by atoms with E-state index in [2.05, 4.69) is 205 Å². The van der Waals surface area contributed by atoms with Crippen LogP contribution in [0.15, 0.2) is 200 Å². The third-order valence-corrected chi connectivity index (χ3v) is 14.1.